The molecular weight excluding hydrogens is 340 g/mol. The Hall–Kier alpha value is -2.04. The number of hydrogen-bond donors (Lipinski definition) is 0. The number of fused-ring (bicyclic) bond motifs is 1. The van der Waals surface area contributed by atoms with Gasteiger partial charge >= 0.3 is 0 Å². The highest BCUT2D eigenvalue weighted by Gasteiger charge is 2.60. The van der Waals surface area contributed by atoms with E-state index >= 15 is 0 Å². The van der Waals surface area contributed by atoms with Crippen molar-refractivity contribution < 1.29 is 14.3 Å². The summed E-state index contributed by atoms with van der Waals surface area (Å²) in [7, 11) is 1.64. The molecule has 3 aliphatic rings. The van der Waals surface area contributed by atoms with Gasteiger partial charge in [-0.05, 0) is 25.3 Å². The van der Waals surface area contributed by atoms with Gasteiger partial charge in [0.2, 0.25) is 11.8 Å². The summed E-state index contributed by atoms with van der Waals surface area (Å²) in [6.07, 6.45) is 5.77. The van der Waals surface area contributed by atoms with Crippen LogP contribution in [0.3, 0.4) is 0 Å². The van der Waals surface area contributed by atoms with Crippen molar-refractivity contribution in [3.63, 3.8) is 0 Å². The Morgan fingerprint density at radius 1 is 1.19 bits per heavy atom. The Labute approximate surface area is 161 Å². The monoisotopic (exact) mass is 370 g/mol. The molecule has 0 N–H and O–H groups in total. The van der Waals surface area contributed by atoms with Crippen molar-refractivity contribution in [1.29, 1.82) is 0 Å². The van der Waals surface area contributed by atoms with Crippen molar-refractivity contribution in [3.05, 3.63) is 29.8 Å². The zero-order valence-electron chi connectivity index (χ0n) is 16.6. The van der Waals surface area contributed by atoms with E-state index in [-0.39, 0.29) is 35.4 Å². The zero-order chi connectivity index (χ0) is 19.2. The predicted molar refractivity (Wildman–Crippen MR) is 103 cm³/mol. The van der Waals surface area contributed by atoms with Crippen LogP contribution in [0.4, 0.5) is 0 Å². The first kappa shape index (κ1) is 18.3. The van der Waals surface area contributed by atoms with E-state index in [2.05, 4.69) is 16.7 Å². The van der Waals surface area contributed by atoms with Crippen molar-refractivity contribution in [1.82, 2.24) is 9.80 Å². The van der Waals surface area contributed by atoms with E-state index in [0.29, 0.717) is 13.0 Å². The number of ether oxygens (including phenoxy) is 1. The normalized spacial score (nSPS) is 32.2. The van der Waals surface area contributed by atoms with Gasteiger partial charge in [0.25, 0.3) is 0 Å². The van der Waals surface area contributed by atoms with E-state index in [0.717, 1.165) is 43.4 Å². The van der Waals surface area contributed by atoms with Crippen LogP contribution in [0.25, 0.3) is 0 Å². The van der Waals surface area contributed by atoms with E-state index in [1.807, 2.05) is 24.3 Å². The fourth-order valence-corrected chi connectivity index (χ4v) is 6.03. The van der Waals surface area contributed by atoms with Gasteiger partial charge in [0.15, 0.2) is 0 Å². The van der Waals surface area contributed by atoms with Crippen LogP contribution >= 0.6 is 0 Å². The quantitative estimate of drug-likeness (QED) is 0.822. The maximum atomic E-state index is 13.4. The van der Waals surface area contributed by atoms with E-state index in [4.69, 9.17) is 4.74 Å². The van der Waals surface area contributed by atoms with Crippen LogP contribution in [-0.4, -0.2) is 53.4 Å². The molecule has 2 amide bonds. The second-order valence-corrected chi connectivity index (χ2v) is 8.64. The van der Waals surface area contributed by atoms with Gasteiger partial charge in [0.05, 0.1) is 19.6 Å². The molecule has 2 heterocycles. The minimum absolute atomic E-state index is 0.0154. The van der Waals surface area contributed by atoms with Crippen molar-refractivity contribution >= 4 is 11.8 Å². The smallest absolute Gasteiger partial charge is 0.227 e. The Bertz CT molecular complexity index is 749. The van der Waals surface area contributed by atoms with Crippen LogP contribution in [0.5, 0.6) is 5.75 Å². The van der Waals surface area contributed by atoms with Crippen LogP contribution in [0.2, 0.25) is 0 Å². The number of carbonyl (C=O) groups is 2. The topological polar surface area (TPSA) is 49.9 Å². The highest BCUT2D eigenvalue weighted by molar-refractivity contribution is 5.81. The van der Waals surface area contributed by atoms with Gasteiger partial charge in [-0.25, -0.2) is 0 Å². The van der Waals surface area contributed by atoms with Crippen molar-refractivity contribution in [3.8, 4) is 5.75 Å². The van der Waals surface area contributed by atoms with E-state index in [1.54, 1.807) is 14.0 Å². The number of benzene rings is 1. The largest absolute Gasteiger partial charge is 0.496 e. The van der Waals surface area contributed by atoms with Crippen molar-refractivity contribution in [2.45, 2.75) is 70.5 Å². The molecule has 0 radical (unpaired) electrons. The number of para-hydroxylation sites is 1. The molecule has 5 nitrogen and oxygen atoms in total. The molecule has 2 aliphatic heterocycles. The summed E-state index contributed by atoms with van der Waals surface area (Å²) in [6.45, 7) is 4.67. The summed E-state index contributed by atoms with van der Waals surface area (Å²) in [6, 6.07) is 8.41. The Morgan fingerprint density at radius 2 is 1.89 bits per heavy atom. The number of likely N-dealkylation sites (tertiary alicyclic amines) is 2. The molecular formula is C22H30N2O3. The lowest BCUT2D eigenvalue weighted by atomic mass is 9.71. The molecule has 3 fully saturated rings. The molecule has 1 aromatic carbocycles. The van der Waals surface area contributed by atoms with E-state index in [1.165, 1.54) is 0 Å². The zero-order valence-corrected chi connectivity index (χ0v) is 16.6. The minimum atomic E-state index is 0.0154. The first-order chi connectivity index (χ1) is 13.0. The van der Waals surface area contributed by atoms with Gasteiger partial charge in [-0.2, -0.15) is 0 Å². The maximum Gasteiger partial charge on any atom is 0.227 e. The molecule has 0 spiro atoms. The highest BCUT2D eigenvalue weighted by Crippen LogP contribution is 2.53. The molecule has 5 heteroatoms. The molecule has 4 rings (SSSR count). The summed E-state index contributed by atoms with van der Waals surface area (Å²) in [5.41, 5.74) is 0.947. The molecule has 1 aliphatic carbocycles. The first-order valence-electron chi connectivity index (χ1n) is 10.2. The SMILES string of the molecule is COc1ccccc1CC(=O)N1C[C@@H]2C[C@@]3(C)[C@H](CCCC[C@@H]13)N2C(C)=O. The molecule has 1 saturated carbocycles. The van der Waals surface area contributed by atoms with Crippen molar-refractivity contribution in [2.75, 3.05) is 13.7 Å². The highest BCUT2D eigenvalue weighted by atomic mass is 16.5. The maximum absolute atomic E-state index is 13.4. The number of amides is 2. The Balaban J connectivity index is 1.64. The summed E-state index contributed by atoms with van der Waals surface area (Å²) >= 11 is 0. The van der Waals surface area contributed by atoms with Crippen LogP contribution < -0.4 is 4.74 Å². The third kappa shape index (κ3) is 2.91. The van der Waals surface area contributed by atoms with Crippen LogP contribution in [0.1, 0.15) is 51.5 Å². The van der Waals surface area contributed by atoms with Gasteiger partial charge in [-0.15, -0.1) is 0 Å². The average Bonchev–Trinajstić information content (AvgIpc) is 2.76. The number of hydrogen-bond acceptors (Lipinski definition) is 3. The lowest BCUT2D eigenvalue weighted by molar-refractivity contribution is -0.138. The molecule has 146 valence electrons. The van der Waals surface area contributed by atoms with E-state index < -0.39 is 0 Å². The standard InChI is InChI=1S/C22H30N2O3/c1-15(25)24-17-13-22(2)19(10-6-7-11-20(22)24)23(14-17)21(26)12-16-8-4-5-9-18(16)27-3/h4-5,8-9,17,19-20H,6-7,10-14H2,1-3H3/t17-,19+,20-,22+/m0/s1. The summed E-state index contributed by atoms with van der Waals surface area (Å²) in [5, 5.41) is 0. The van der Waals surface area contributed by atoms with Gasteiger partial charge in [-0.1, -0.05) is 38.0 Å². The number of methoxy groups -OCH3 is 1. The molecule has 1 aromatic rings. The van der Waals surface area contributed by atoms with E-state index in [9.17, 15) is 9.59 Å². The molecule has 0 aromatic heterocycles. The fourth-order valence-electron chi connectivity index (χ4n) is 6.03. The number of rotatable bonds is 3. The second-order valence-electron chi connectivity index (χ2n) is 8.64. The average molecular weight is 370 g/mol. The molecule has 27 heavy (non-hydrogen) atoms. The third-order valence-corrected chi connectivity index (χ3v) is 7.13. The van der Waals surface area contributed by atoms with Gasteiger partial charge in [-0.3, -0.25) is 9.59 Å². The second kappa shape index (κ2) is 6.84. The first-order valence-corrected chi connectivity index (χ1v) is 10.2. The van der Waals surface area contributed by atoms with Crippen LogP contribution in [-0.2, 0) is 16.0 Å². The van der Waals surface area contributed by atoms with Crippen LogP contribution in [0, 0.1) is 5.41 Å². The fraction of sp³-hybridized carbons (Fsp3) is 0.636. The Morgan fingerprint density at radius 3 is 2.59 bits per heavy atom. The lowest BCUT2D eigenvalue weighted by Gasteiger charge is -2.46. The number of nitrogens with zero attached hydrogens (tertiary/aromatic N) is 2. The van der Waals surface area contributed by atoms with Crippen LogP contribution in [0.15, 0.2) is 24.3 Å². The molecule has 0 unspecified atom stereocenters. The van der Waals surface area contributed by atoms with Gasteiger partial charge < -0.3 is 14.5 Å². The number of carbonyl (C=O) groups excluding carboxylic acids is 2. The summed E-state index contributed by atoms with van der Waals surface area (Å²) < 4.78 is 5.43. The minimum Gasteiger partial charge on any atom is -0.496 e. The lowest BCUT2D eigenvalue weighted by Crippen LogP contribution is -2.56. The van der Waals surface area contributed by atoms with Gasteiger partial charge in [0, 0.05) is 36.5 Å². The number of piperidine rings is 1. The molecule has 2 saturated heterocycles. The summed E-state index contributed by atoms with van der Waals surface area (Å²) in [5.74, 6) is 1.08. The predicted octanol–water partition coefficient (Wildman–Crippen LogP) is 3.02. The summed E-state index contributed by atoms with van der Waals surface area (Å²) in [4.78, 5) is 30.0. The molecule has 2 bridgehead atoms. The van der Waals surface area contributed by atoms with Gasteiger partial charge in [0.1, 0.15) is 5.75 Å². The Kier molecular flexibility index (Phi) is 4.65. The third-order valence-electron chi connectivity index (χ3n) is 7.13. The molecule has 4 atom stereocenters. The van der Waals surface area contributed by atoms with Crippen molar-refractivity contribution in [2.24, 2.45) is 5.41 Å².